The van der Waals surface area contributed by atoms with Crippen molar-refractivity contribution in [2.45, 2.75) is 62.8 Å². The van der Waals surface area contributed by atoms with Gasteiger partial charge in [-0.3, -0.25) is 9.69 Å². The van der Waals surface area contributed by atoms with Crippen LogP contribution < -0.4 is 5.32 Å². The number of aliphatic hydroxyl groups excluding tert-OH is 2. The SMILES string of the molecule is CC(C)(C)C[C@H]1N(C(c2ccccc2)[C@@H](O)c2ccccc2)[C@@H](CO)[C@H](c2cccc(Cl)c2F)[C@@]12C(=O)Nc1cc(Cl)ccc12.S.S.S. The number of nitrogens with zero attached hydrogens (tertiary/aromatic N) is 1. The molecule has 1 amide bonds. The van der Waals surface area contributed by atoms with Crippen molar-refractivity contribution in [1.82, 2.24) is 4.90 Å². The first-order valence-electron chi connectivity index (χ1n) is 15.2. The molecule has 11 heteroatoms. The summed E-state index contributed by atoms with van der Waals surface area (Å²) < 4.78 is 16.3. The summed E-state index contributed by atoms with van der Waals surface area (Å²) in [5.41, 5.74) is 1.29. The number of carbonyl (C=O) groups excluding carboxylic acids is 1. The Balaban J connectivity index is 0.00000208. The molecular formula is C37H43Cl2FN2O3S3. The molecule has 4 aromatic carbocycles. The molecule has 0 radical (unpaired) electrons. The molecule has 0 aromatic heterocycles. The number of likely N-dealkylation sites (tertiary alicyclic amines) is 1. The van der Waals surface area contributed by atoms with Gasteiger partial charge in [0.05, 0.1) is 23.8 Å². The van der Waals surface area contributed by atoms with Crippen molar-refractivity contribution in [1.29, 1.82) is 0 Å². The molecule has 258 valence electrons. The van der Waals surface area contributed by atoms with Crippen LogP contribution in [-0.4, -0.2) is 39.7 Å². The lowest BCUT2D eigenvalue weighted by atomic mass is 9.62. The normalized spacial score (nSPS) is 22.9. The van der Waals surface area contributed by atoms with Gasteiger partial charge in [0.25, 0.3) is 0 Å². The molecule has 1 spiro atoms. The van der Waals surface area contributed by atoms with Crippen molar-refractivity contribution in [3.05, 3.63) is 135 Å². The molecule has 6 rings (SSSR count). The van der Waals surface area contributed by atoms with E-state index in [-0.39, 0.29) is 62.4 Å². The Hall–Kier alpha value is -2.21. The van der Waals surface area contributed by atoms with Gasteiger partial charge in [-0.15, -0.1) is 0 Å². The van der Waals surface area contributed by atoms with Gasteiger partial charge < -0.3 is 15.5 Å². The smallest absolute Gasteiger partial charge is 0.237 e. The highest BCUT2D eigenvalue weighted by Crippen LogP contribution is 2.62. The van der Waals surface area contributed by atoms with Crippen LogP contribution in [0.1, 0.15) is 67.5 Å². The first kappa shape index (κ1) is 40.2. The zero-order valence-corrected chi connectivity index (χ0v) is 31.4. The standard InChI is InChI=1S/C37H37Cl2FN2O3.3H2S/c1-36(2,3)20-30-37(26-18-17-24(38)19-28(26)41-35(37)45)31(25-15-10-16-27(39)32(25)40)29(21-43)42(30)33(22-11-6-4-7-12-22)34(44)23-13-8-5-9-14-23;;;/h4-19,29-31,33-34,43-44H,20-21H2,1-3H3,(H,41,45);3*1H2/t29-,30+,31-,33?,34-,37-;;;/m0.../s1. The van der Waals surface area contributed by atoms with Crippen molar-refractivity contribution in [2.75, 3.05) is 11.9 Å². The van der Waals surface area contributed by atoms with Gasteiger partial charge in [-0.1, -0.05) is 123 Å². The quantitative estimate of drug-likeness (QED) is 0.178. The van der Waals surface area contributed by atoms with E-state index in [0.29, 0.717) is 28.3 Å². The number of rotatable bonds is 7. The van der Waals surface area contributed by atoms with Crippen LogP contribution in [0.2, 0.25) is 10.0 Å². The Morgan fingerprint density at radius 2 is 1.50 bits per heavy atom. The first-order chi connectivity index (χ1) is 21.5. The fourth-order valence-corrected chi connectivity index (χ4v) is 8.13. The lowest BCUT2D eigenvalue weighted by Gasteiger charge is -2.44. The summed E-state index contributed by atoms with van der Waals surface area (Å²) in [6, 6.07) is 27.0. The topological polar surface area (TPSA) is 72.8 Å². The molecule has 2 aliphatic rings. The minimum Gasteiger partial charge on any atom is -0.395 e. The highest BCUT2D eigenvalue weighted by atomic mass is 35.5. The van der Waals surface area contributed by atoms with Gasteiger partial charge in [-0.25, -0.2) is 4.39 Å². The monoisotopic (exact) mass is 748 g/mol. The molecule has 0 bridgehead atoms. The molecular weight excluding hydrogens is 707 g/mol. The van der Waals surface area contributed by atoms with Gasteiger partial charge >= 0.3 is 0 Å². The lowest BCUT2D eigenvalue weighted by Crippen LogP contribution is -2.52. The van der Waals surface area contributed by atoms with E-state index in [1.807, 2.05) is 66.7 Å². The third kappa shape index (κ3) is 6.90. The molecule has 48 heavy (non-hydrogen) atoms. The maximum absolute atomic E-state index is 16.3. The van der Waals surface area contributed by atoms with Crippen LogP contribution in [0.15, 0.2) is 97.1 Å². The number of halogens is 3. The van der Waals surface area contributed by atoms with Gasteiger partial charge in [0.2, 0.25) is 5.91 Å². The molecule has 2 heterocycles. The Kier molecular flexibility index (Phi) is 13.2. The number of carbonyl (C=O) groups is 1. The van der Waals surface area contributed by atoms with E-state index in [1.165, 1.54) is 6.07 Å². The van der Waals surface area contributed by atoms with Gasteiger partial charge in [-0.2, -0.15) is 40.5 Å². The Labute approximate surface area is 313 Å². The zero-order valence-electron chi connectivity index (χ0n) is 26.9. The second-order valence-electron chi connectivity index (χ2n) is 13.3. The minimum atomic E-state index is -1.37. The largest absolute Gasteiger partial charge is 0.395 e. The Morgan fingerprint density at radius 1 is 0.896 bits per heavy atom. The van der Waals surface area contributed by atoms with E-state index in [2.05, 4.69) is 31.0 Å². The van der Waals surface area contributed by atoms with Crippen LogP contribution in [-0.2, 0) is 10.2 Å². The third-order valence-corrected chi connectivity index (χ3v) is 9.93. The summed E-state index contributed by atoms with van der Waals surface area (Å²) in [5, 5.41) is 27.1. The molecule has 1 unspecified atom stereocenters. The third-order valence-electron chi connectivity index (χ3n) is 9.41. The summed E-state index contributed by atoms with van der Waals surface area (Å²) in [6.45, 7) is 5.89. The van der Waals surface area contributed by atoms with E-state index in [9.17, 15) is 15.0 Å². The van der Waals surface area contributed by atoms with E-state index in [1.54, 1.807) is 24.3 Å². The fraction of sp³-hybridized carbons (Fsp3) is 0.324. The van der Waals surface area contributed by atoms with Crippen LogP contribution >= 0.6 is 63.7 Å². The summed E-state index contributed by atoms with van der Waals surface area (Å²) in [4.78, 5) is 16.9. The molecule has 0 aliphatic carbocycles. The number of benzene rings is 4. The van der Waals surface area contributed by atoms with Crippen LogP contribution in [0, 0.1) is 11.2 Å². The molecule has 1 fully saturated rings. The van der Waals surface area contributed by atoms with Crippen molar-refractivity contribution in [2.24, 2.45) is 5.41 Å². The van der Waals surface area contributed by atoms with E-state index >= 15 is 4.39 Å². The predicted molar refractivity (Wildman–Crippen MR) is 208 cm³/mol. The average molecular weight is 750 g/mol. The number of nitrogens with one attached hydrogen (secondary N) is 1. The summed E-state index contributed by atoms with van der Waals surface area (Å²) in [5.74, 6) is -1.81. The molecule has 4 aromatic rings. The maximum atomic E-state index is 16.3. The van der Waals surface area contributed by atoms with Gasteiger partial charge in [0.1, 0.15) is 11.2 Å². The van der Waals surface area contributed by atoms with Crippen LogP contribution in [0.3, 0.4) is 0 Å². The van der Waals surface area contributed by atoms with E-state index < -0.39 is 48.0 Å². The van der Waals surface area contributed by atoms with Crippen LogP contribution in [0.4, 0.5) is 10.1 Å². The van der Waals surface area contributed by atoms with E-state index in [4.69, 9.17) is 23.2 Å². The minimum absolute atomic E-state index is 0. The van der Waals surface area contributed by atoms with Gasteiger partial charge in [-0.05, 0) is 52.3 Å². The van der Waals surface area contributed by atoms with Crippen molar-refractivity contribution >= 4 is 75.3 Å². The van der Waals surface area contributed by atoms with Crippen molar-refractivity contribution in [3.63, 3.8) is 0 Å². The number of hydrogen-bond donors (Lipinski definition) is 3. The number of fused-ring (bicyclic) bond motifs is 2. The molecule has 0 saturated carbocycles. The second-order valence-corrected chi connectivity index (χ2v) is 14.2. The van der Waals surface area contributed by atoms with Crippen molar-refractivity contribution in [3.8, 4) is 0 Å². The second kappa shape index (κ2) is 15.8. The molecule has 2 aliphatic heterocycles. The summed E-state index contributed by atoms with van der Waals surface area (Å²) in [6.07, 6.45) is -0.554. The fourth-order valence-electron chi connectivity index (χ4n) is 7.78. The highest BCUT2D eigenvalue weighted by molar-refractivity contribution is 7.59. The zero-order chi connectivity index (χ0) is 32.1. The highest BCUT2D eigenvalue weighted by Gasteiger charge is 2.69. The Morgan fingerprint density at radius 3 is 2.08 bits per heavy atom. The number of hydrogen-bond acceptors (Lipinski definition) is 4. The Bertz CT molecular complexity index is 1710. The van der Waals surface area contributed by atoms with Crippen LogP contribution in [0.5, 0.6) is 0 Å². The predicted octanol–water partition coefficient (Wildman–Crippen LogP) is 8.40. The summed E-state index contributed by atoms with van der Waals surface area (Å²) in [7, 11) is 0. The lowest BCUT2D eigenvalue weighted by molar-refractivity contribution is -0.123. The van der Waals surface area contributed by atoms with Gasteiger partial charge in [0.15, 0.2) is 0 Å². The average Bonchev–Trinajstić information content (AvgIpc) is 3.45. The van der Waals surface area contributed by atoms with E-state index in [0.717, 1.165) is 5.56 Å². The molecule has 6 atom stereocenters. The maximum Gasteiger partial charge on any atom is 0.237 e. The molecule has 1 saturated heterocycles. The summed E-state index contributed by atoms with van der Waals surface area (Å²) >= 11 is 12.8. The molecule has 3 N–H and O–H groups in total. The first-order valence-corrected chi connectivity index (χ1v) is 16.0. The van der Waals surface area contributed by atoms with Crippen LogP contribution in [0.25, 0.3) is 0 Å². The van der Waals surface area contributed by atoms with Crippen molar-refractivity contribution < 1.29 is 19.4 Å². The number of anilines is 1. The number of amides is 1. The van der Waals surface area contributed by atoms with Gasteiger partial charge in [0, 0.05) is 28.7 Å². The number of aliphatic hydroxyl groups is 2. The molecule has 5 nitrogen and oxygen atoms in total.